The molecule has 2 aliphatic rings. The van der Waals surface area contributed by atoms with Crippen molar-refractivity contribution in [1.82, 2.24) is 14.4 Å². The Labute approximate surface area is 150 Å². The summed E-state index contributed by atoms with van der Waals surface area (Å²) in [5, 5.41) is 4.03. The summed E-state index contributed by atoms with van der Waals surface area (Å²) < 4.78 is 36.8. The summed E-state index contributed by atoms with van der Waals surface area (Å²) in [5.74, 6) is 2.05. The van der Waals surface area contributed by atoms with Gasteiger partial charge in [-0.15, -0.1) is 0 Å². The first-order chi connectivity index (χ1) is 12.1. The second-order valence-corrected chi connectivity index (χ2v) is 9.38. The topological polar surface area (TPSA) is 85.5 Å². The van der Waals surface area contributed by atoms with Crippen LogP contribution in [0, 0.1) is 5.92 Å². The van der Waals surface area contributed by atoms with E-state index >= 15 is 0 Å². The molecule has 142 valence electrons. The van der Waals surface area contributed by atoms with Gasteiger partial charge in [0.1, 0.15) is 0 Å². The van der Waals surface area contributed by atoms with Gasteiger partial charge in [0.05, 0.1) is 18.3 Å². The van der Waals surface area contributed by atoms with Crippen LogP contribution in [0.1, 0.15) is 63.1 Å². The van der Waals surface area contributed by atoms with E-state index in [0.717, 1.165) is 25.4 Å². The summed E-state index contributed by atoms with van der Waals surface area (Å²) in [6, 6.07) is 0. The Morgan fingerprint density at radius 2 is 2.04 bits per heavy atom. The Morgan fingerprint density at radius 3 is 2.80 bits per heavy atom. The number of nitrogens with zero attached hydrogens (tertiary/aromatic N) is 3. The summed E-state index contributed by atoms with van der Waals surface area (Å²) in [7, 11) is -3.16. The molecule has 1 unspecified atom stereocenters. The van der Waals surface area contributed by atoms with Gasteiger partial charge in [0.2, 0.25) is 15.9 Å². The molecule has 1 saturated carbocycles. The van der Waals surface area contributed by atoms with Gasteiger partial charge in [-0.25, -0.2) is 12.7 Å². The fourth-order valence-electron chi connectivity index (χ4n) is 3.70. The van der Waals surface area contributed by atoms with E-state index in [1.807, 2.05) is 0 Å². The predicted octanol–water partition coefficient (Wildman–Crippen LogP) is 2.35. The van der Waals surface area contributed by atoms with Crippen LogP contribution in [0.25, 0.3) is 0 Å². The number of piperidine rings is 1. The minimum atomic E-state index is -3.16. The highest BCUT2D eigenvalue weighted by Gasteiger charge is 2.31. The molecule has 0 radical (unpaired) electrons. The third kappa shape index (κ3) is 5.01. The van der Waals surface area contributed by atoms with Gasteiger partial charge in [-0.1, -0.05) is 18.0 Å². The van der Waals surface area contributed by atoms with Crippen LogP contribution < -0.4 is 0 Å². The van der Waals surface area contributed by atoms with Crippen molar-refractivity contribution in [3.8, 4) is 0 Å². The zero-order chi connectivity index (χ0) is 17.7. The molecule has 3 rings (SSSR count). The predicted molar refractivity (Wildman–Crippen MR) is 93.8 cm³/mol. The second kappa shape index (κ2) is 8.60. The average molecular weight is 372 g/mol. The lowest BCUT2D eigenvalue weighted by atomic mass is 10.00. The van der Waals surface area contributed by atoms with Crippen LogP contribution in [0.15, 0.2) is 4.52 Å². The third-order valence-corrected chi connectivity index (χ3v) is 7.12. The van der Waals surface area contributed by atoms with E-state index in [4.69, 9.17) is 9.26 Å². The van der Waals surface area contributed by atoms with E-state index in [9.17, 15) is 8.42 Å². The lowest BCUT2D eigenvalue weighted by molar-refractivity contribution is 0.102. The monoisotopic (exact) mass is 371 g/mol. The fraction of sp³-hybridized carbons (Fsp3) is 0.882. The van der Waals surface area contributed by atoms with E-state index in [1.165, 1.54) is 25.7 Å². The lowest BCUT2D eigenvalue weighted by Gasteiger charge is -2.29. The fourth-order valence-corrected chi connectivity index (χ4v) is 4.88. The smallest absolute Gasteiger partial charge is 0.231 e. The van der Waals surface area contributed by atoms with Gasteiger partial charge >= 0.3 is 0 Å². The van der Waals surface area contributed by atoms with Crippen LogP contribution in [-0.4, -0.2) is 54.9 Å². The first-order valence-electron chi connectivity index (χ1n) is 9.46. The molecular weight excluding hydrogens is 342 g/mol. The van der Waals surface area contributed by atoms with E-state index in [0.29, 0.717) is 37.8 Å². The molecule has 0 N–H and O–H groups in total. The highest BCUT2D eigenvalue weighted by molar-refractivity contribution is 7.89. The average Bonchev–Trinajstić information content (AvgIpc) is 3.31. The summed E-state index contributed by atoms with van der Waals surface area (Å²) in [4.78, 5) is 4.47. The Hall–Kier alpha value is -0.990. The minimum Gasteiger partial charge on any atom is -0.381 e. The Balaban J connectivity index is 1.47. The van der Waals surface area contributed by atoms with Gasteiger partial charge in [0, 0.05) is 26.1 Å². The van der Waals surface area contributed by atoms with Crippen molar-refractivity contribution in [2.24, 2.45) is 5.92 Å². The molecule has 8 heteroatoms. The molecule has 1 atom stereocenters. The van der Waals surface area contributed by atoms with Gasteiger partial charge in [0.15, 0.2) is 5.82 Å². The van der Waals surface area contributed by atoms with Gasteiger partial charge in [-0.2, -0.15) is 4.98 Å². The maximum Gasteiger partial charge on any atom is 0.231 e. The number of ether oxygens (including phenoxy) is 1. The molecule has 7 nitrogen and oxygen atoms in total. The maximum absolute atomic E-state index is 12.1. The van der Waals surface area contributed by atoms with Gasteiger partial charge < -0.3 is 9.26 Å². The normalized spacial score (nSPS) is 23.3. The molecule has 1 aromatic rings. The molecule has 0 aromatic carbocycles. The first-order valence-corrected chi connectivity index (χ1v) is 11.1. The number of hydrogen-bond donors (Lipinski definition) is 0. The molecular formula is C17H29N3O4S. The van der Waals surface area contributed by atoms with Crippen molar-refractivity contribution in [2.75, 3.05) is 32.1 Å². The lowest BCUT2D eigenvalue weighted by Crippen LogP contribution is -2.39. The Kier molecular flexibility index (Phi) is 6.46. The molecule has 1 aliphatic carbocycles. The van der Waals surface area contributed by atoms with Gasteiger partial charge in [-0.05, 0) is 38.5 Å². The van der Waals surface area contributed by atoms with Crippen molar-refractivity contribution in [3.63, 3.8) is 0 Å². The number of rotatable bonds is 8. The maximum atomic E-state index is 12.1. The second-order valence-electron chi connectivity index (χ2n) is 7.12. The molecule has 2 heterocycles. The molecule has 25 heavy (non-hydrogen) atoms. The standard InChI is InChI=1S/C17H29N3O4S/c1-2-25(21,22)20-10-5-8-15(12-20)17-18-16(19-24-17)9-11-23-13-14-6-3-4-7-14/h14-15H,2-13H2,1H3. The number of hydrogen-bond acceptors (Lipinski definition) is 6. The van der Waals surface area contributed by atoms with Gasteiger partial charge in [-0.3, -0.25) is 0 Å². The minimum absolute atomic E-state index is 0.00395. The summed E-state index contributed by atoms with van der Waals surface area (Å²) in [5.41, 5.74) is 0. The summed E-state index contributed by atoms with van der Waals surface area (Å²) >= 11 is 0. The van der Waals surface area contributed by atoms with E-state index in [1.54, 1.807) is 11.2 Å². The van der Waals surface area contributed by atoms with Crippen LogP contribution in [0.3, 0.4) is 0 Å². The van der Waals surface area contributed by atoms with Crippen molar-refractivity contribution >= 4 is 10.0 Å². The van der Waals surface area contributed by atoms with Crippen molar-refractivity contribution in [1.29, 1.82) is 0 Å². The third-order valence-electron chi connectivity index (χ3n) is 5.27. The summed E-state index contributed by atoms with van der Waals surface area (Å²) in [6.07, 6.45) is 7.57. The number of aromatic nitrogens is 2. The van der Waals surface area contributed by atoms with Crippen LogP contribution in [0.5, 0.6) is 0 Å². The van der Waals surface area contributed by atoms with Crippen LogP contribution in [0.2, 0.25) is 0 Å². The molecule has 1 aliphatic heterocycles. The van der Waals surface area contributed by atoms with E-state index < -0.39 is 10.0 Å². The molecule has 1 saturated heterocycles. The van der Waals surface area contributed by atoms with Crippen molar-refractivity contribution < 1.29 is 17.7 Å². The van der Waals surface area contributed by atoms with Crippen LogP contribution in [0.4, 0.5) is 0 Å². The van der Waals surface area contributed by atoms with Crippen LogP contribution >= 0.6 is 0 Å². The van der Waals surface area contributed by atoms with Crippen molar-refractivity contribution in [3.05, 3.63) is 11.7 Å². The highest BCUT2D eigenvalue weighted by atomic mass is 32.2. The van der Waals surface area contributed by atoms with Crippen LogP contribution in [-0.2, 0) is 21.2 Å². The largest absolute Gasteiger partial charge is 0.381 e. The SMILES string of the molecule is CCS(=O)(=O)N1CCCC(c2nc(CCOCC3CCCC3)no2)C1. The Morgan fingerprint density at radius 1 is 1.24 bits per heavy atom. The molecule has 2 fully saturated rings. The van der Waals surface area contributed by atoms with E-state index in [-0.39, 0.29) is 11.7 Å². The van der Waals surface area contributed by atoms with Gasteiger partial charge in [0.25, 0.3) is 0 Å². The number of sulfonamides is 1. The molecule has 0 spiro atoms. The molecule has 0 bridgehead atoms. The molecule has 1 aromatic heterocycles. The Bertz CT molecular complexity index is 640. The van der Waals surface area contributed by atoms with E-state index in [2.05, 4.69) is 10.1 Å². The zero-order valence-corrected chi connectivity index (χ0v) is 15.8. The molecule has 0 amide bonds. The van der Waals surface area contributed by atoms with Crippen molar-refractivity contribution in [2.45, 2.75) is 57.8 Å². The summed E-state index contributed by atoms with van der Waals surface area (Å²) in [6.45, 7) is 4.14. The quantitative estimate of drug-likeness (QED) is 0.652. The highest BCUT2D eigenvalue weighted by Crippen LogP contribution is 2.27. The zero-order valence-electron chi connectivity index (χ0n) is 15.0. The first kappa shape index (κ1) is 18.8.